The predicted octanol–water partition coefficient (Wildman–Crippen LogP) is 9.18. The van der Waals surface area contributed by atoms with Crippen LogP contribution in [0.25, 0.3) is 70.7 Å². The first kappa shape index (κ1) is 22.8. The van der Waals surface area contributed by atoms with E-state index in [1.165, 1.54) is 21.0 Å². The standard InChI is InChI=1S/C35H22N4S/c1-2-15-33-30(13-1)38-35(40-33)24-16-17-28-32(21-24)39(26-10-5-8-23(20-26)29-12-3-4-19-37-29)31-14-6-11-27(34(28)31)25-9-7-18-36-22-25/h1-22H. The first-order chi connectivity index (χ1) is 19.8. The second-order valence-electron chi connectivity index (χ2n) is 9.76. The number of benzene rings is 4. The summed E-state index contributed by atoms with van der Waals surface area (Å²) >= 11 is 1.73. The molecule has 0 saturated carbocycles. The smallest absolute Gasteiger partial charge is 0.124 e. The molecule has 188 valence electrons. The maximum atomic E-state index is 4.96. The van der Waals surface area contributed by atoms with Crippen LogP contribution in [0.1, 0.15) is 0 Å². The van der Waals surface area contributed by atoms with Crippen LogP contribution in [-0.2, 0) is 0 Å². The summed E-state index contributed by atoms with van der Waals surface area (Å²) in [6.07, 6.45) is 5.60. The topological polar surface area (TPSA) is 43.6 Å². The van der Waals surface area contributed by atoms with Gasteiger partial charge in [-0.25, -0.2) is 4.98 Å². The van der Waals surface area contributed by atoms with Crippen LogP contribution in [-0.4, -0.2) is 19.5 Å². The Morgan fingerprint density at radius 3 is 2.40 bits per heavy atom. The van der Waals surface area contributed by atoms with Gasteiger partial charge in [-0.1, -0.05) is 60.7 Å². The van der Waals surface area contributed by atoms with Crippen LogP contribution >= 0.6 is 11.3 Å². The van der Waals surface area contributed by atoms with E-state index in [9.17, 15) is 0 Å². The van der Waals surface area contributed by atoms with Crippen molar-refractivity contribution in [3.05, 3.63) is 134 Å². The number of rotatable bonds is 4. The first-order valence-corrected chi connectivity index (χ1v) is 14.0. The lowest BCUT2D eigenvalue weighted by Crippen LogP contribution is -1.95. The van der Waals surface area contributed by atoms with Crippen molar-refractivity contribution < 1.29 is 0 Å². The van der Waals surface area contributed by atoms with Gasteiger partial charge in [-0.3, -0.25) is 9.97 Å². The predicted molar refractivity (Wildman–Crippen MR) is 166 cm³/mol. The van der Waals surface area contributed by atoms with Crippen molar-refractivity contribution in [1.29, 1.82) is 0 Å². The van der Waals surface area contributed by atoms with E-state index in [2.05, 4.69) is 106 Å². The highest BCUT2D eigenvalue weighted by Crippen LogP contribution is 2.41. The van der Waals surface area contributed by atoms with E-state index in [1.807, 2.05) is 42.9 Å². The zero-order valence-electron chi connectivity index (χ0n) is 21.4. The lowest BCUT2D eigenvalue weighted by molar-refractivity contribution is 1.18. The van der Waals surface area contributed by atoms with Gasteiger partial charge in [-0.2, -0.15) is 0 Å². The van der Waals surface area contributed by atoms with Gasteiger partial charge in [0.1, 0.15) is 5.01 Å². The molecular weight excluding hydrogens is 508 g/mol. The molecule has 8 rings (SSSR count). The van der Waals surface area contributed by atoms with Crippen molar-refractivity contribution >= 4 is 43.4 Å². The highest BCUT2D eigenvalue weighted by Gasteiger charge is 2.18. The third-order valence-corrected chi connectivity index (χ3v) is 8.46. The van der Waals surface area contributed by atoms with Gasteiger partial charge >= 0.3 is 0 Å². The van der Waals surface area contributed by atoms with E-state index in [-0.39, 0.29) is 0 Å². The Morgan fingerprint density at radius 1 is 0.625 bits per heavy atom. The first-order valence-electron chi connectivity index (χ1n) is 13.2. The molecule has 0 aliphatic heterocycles. The molecule has 4 aromatic carbocycles. The molecule has 0 bridgehead atoms. The van der Waals surface area contributed by atoms with E-state index < -0.39 is 0 Å². The largest absolute Gasteiger partial charge is 0.309 e. The average Bonchev–Trinajstić information content (AvgIpc) is 3.61. The molecule has 0 aliphatic rings. The Kier molecular flexibility index (Phi) is 5.28. The van der Waals surface area contributed by atoms with Gasteiger partial charge in [-0.05, 0) is 60.2 Å². The van der Waals surface area contributed by atoms with E-state index in [0.29, 0.717) is 0 Å². The van der Waals surface area contributed by atoms with Crippen LogP contribution in [0, 0.1) is 0 Å². The molecule has 8 aromatic rings. The molecule has 0 spiro atoms. The Bertz CT molecular complexity index is 2130. The maximum Gasteiger partial charge on any atom is 0.124 e. The zero-order valence-corrected chi connectivity index (χ0v) is 22.2. The van der Waals surface area contributed by atoms with Gasteiger partial charge in [0, 0.05) is 51.7 Å². The van der Waals surface area contributed by atoms with Crippen LogP contribution in [0.3, 0.4) is 0 Å². The Labute approximate surface area is 234 Å². The molecule has 0 unspecified atom stereocenters. The second kappa shape index (κ2) is 9.26. The molecular formula is C35H22N4S. The monoisotopic (exact) mass is 530 g/mol. The summed E-state index contributed by atoms with van der Waals surface area (Å²) in [5.74, 6) is 0. The second-order valence-corrected chi connectivity index (χ2v) is 10.8. The Morgan fingerprint density at radius 2 is 1.52 bits per heavy atom. The third-order valence-electron chi connectivity index (χ3n) is 7.37. The van der Waals surface area contributed by atoms with Crippen LogP contribution in [0.5, 0.6) is 0 Å². The van der Waals surface area contributed by atoms with Crippen molar-refractivity contribution in [2.75, 3.05) is 0 Å². The molecule has 0 aliphatic carbocycles. The minimum absolute atomic E-state index is 0.955. The normalized spacial score (nSPS) is 11.5. The molecule has 0 N–H and O–H groups in total. The van der Waals surface area contributed by atoms with Crippen molar-refractivity contribution in [2.24, 2.45) is 0 Å². The minimum atomic E-state index is 0.955. The van der Waals surface area contributed by atoms with Crippen LogP contribution < -0.4 is 0 Å². The summed E-state index contributed by atoms with van der Waals surface area (Å²) in [6.45, 7) is 0. The quantitative estimate of drug-likeness (QED) is 0.228. The molecule has 0 amide bonds. The van der Waals surface area contributed by atoms with Crippen molar-refractivity contribution in [2.45, 2.75) is 0 Å². The van der Waals surface area contributed by atoms with Crippen LogP contribution in [0.15, 0.2) is 134 Å². The fourth-order valence-corrected chi connectivity index (χ4v) is 6.54. The molecule has 4 heterocycles. The summed E-state index contributed by atoms with van der Waals surface area (Å²) in [5, 5.41) is 3.43. The molecule has 0 atom stereocenters. The van der Waals surface area contributed by atoms with Gasteiger partial charge < -0.3 is 4.57 Å². The number of hydrogen-bond donors (Lipinski definition) is 0. The van der Waals surface area contributed by atoms with E-state index in [4.69, 9.17) is 4.98 Å². The summed E-state index contributed by atoms with van der Waals surface area (Å²) < 4.78 is 3.56. The van der Waals surface area contributed by atoms with Crippen molar-refractivity contribution in [1.82, 2.24) is 19.5 Å². The van der Waals surface area contributed by atoms with Crippen molar-refractivity contribution in [3.63, 3.8) is 0 Å². The van der Waals surface area contributed by atoms with Crippen LogP contribution in [0.2, 0.25) is 0 Å². The number of pyridine rings is 2. The SMILES string of the molecule is c1ccc(-c2cccc(-n3c4cc(-c5nc6ccccc6s5)ccc4c4c(-c5cccnc5)cccc43)c2)nc1. The maximum absolute atomic E-state index is 4.96. The average molecular weight is 531 g/mol. The molecule has 40 heavy (non-hydrogen) atoms. The molecule has 4 nitrogen and oxygen atoms in total. The van der Waals surface area contributed by atoms with Gasteiger partial charge in [-0.15, -0.1) is 11.3 Å². The Balaban J connectivity index is 1.43. The van der Waals surface area contributed by atoms with E-state index >= 15 is 0 Å². The number of hydrogen-bond acceptors (Lipinski definition) is 4. The highest BCUT2D eigenvalue weighted by atomic mass is 32.1. The molecule has 0 saturated heterocycles. The number of para-hydroxylation sites is 1. The molecule has 4 aromatic heterocycles. The van der Waals surface area contributed by atoms with Gasteiger partial charge in [0.25, 0.3) is 0 Å². The summed E-state index contributed by atoms with van der Waals surface area (Å²) in [6, 6.07) is 40.4. The fourth-order valence-electron chi connectivity index (χ4n) is 5.57. The fraction of sp³-hybridized carbons (Fsp3) is 0. The van der Waals surface area contributed by atoms with E-state index in [0.717, 1.165) is 49.6 Å². The molecule has 0 fully saturated rings. The molecule has 5 heteroatoms. The summed E-state index contributed by atoms with van der Waals surface area (Å²) in [7, 11) is 0. The number of thiazole rings is 1. The van der Waals surface area contributed by atoms with Crippen LogP contribution in [0.4, 0.5) is 0 Å². The molecule has 0 radical (unpaired) electrons. The number of aromatic nitrogens is 4. The van der Waals surface area contributed by atoms with Crippen molar-refractivity contribution in [3.8, 4) is 38.6 Å². The van der Waals surface area contributed by atoms with E-state index in [1.54, 1.807) is 11.3 Å². The van der Waals surface area contributed by atoms with Gasteiger partial charge in [0.15, 0.2) is 0 Å². The van der Waals surface area contributed by atoms with Gasteiger partial charge in [0.05, 0.1) is 26.9 Å². The zero-order chi connectivity index (χ0) is 26.5. The summed E-state index contributed by atoms with van der Waals surface area (Å²) in [4.78, 5) is 14.0. The summed E-state index contributed by atoms with van der Waals surface area (Å²) in [5.41, 5.74) is 9.83. The number of nitrogens with zero attached hydrogens (tertiary/aromatic N) is 4. The minimum Gasteiger partial charge on any atom is -0.309 e. The Hall–Kier alpha value is -5.13. The third kappa shape index (κ3) is 3.71. The number of fused-ring (bicyclic) bond motifs is 4. The lowest BCUT2D eigenvalue weighted by atomic mass is 10.0. The highest BCUT2D eigenvalue weighted by molar-refractivity contribution is 7.21. The van der Waals surface area contributed by atoms with Gasteiger partial charge in [0.2, 0.25) is 0 Å². The lowest BCUT2D eigenvalue weighted by Gasteiger charge is -2.11.